The molecule has 0 aromatic heterocycles. The molecule has 0 saturated carbocycles. The zero-order valence-electron chi connectivity index (χ0n) is 17.4. The number of nitrogens with one attached hydrogen (secondary N) is 1. The van der Waals surface area contributed by atoms with E-state index in [2.05, 4.69) is 46.6 Å². The molecule has 1 aliphatic carbocycles. The number of amides is 1. The van der Waals surface area contributed by atoms with Gasteiger partial charge in [-0.3, -0.25) is 9.69 Å². The molecule has 2 atom stereocenters. The Morgan fingerprint density at radius 1 is 1.07 bits per heavy atom. The minimum Gasteiger partial charge on any atom is -0.497 e. The zero-order valence-corrected chi connectivity index (χ0v) is 17.4. The Hall–Kier alpha value is -2.33. The van der Waals surface area contributed by atoms with E-state index in [1.807, 2.05) is 12.1 Å². The van der Waals surface area contributed by atoms with Crippen molar-refractivity contribution in [3.8, 4) is 5.75 Å². The van der Waals surface area contributed by atoms with Crippen LogP contribution in [0, 0.1) is 0 Å². The van der Waals surface area contributed by atoms with Gasteiger partial charge in [-0.05, 0) is 74.0 Å². The number of fused-ring (bicyclic) bond motifs is 1. The van der Waals surface area contributed by atoms with Crippen LogP contribution in [0.4, 0.5) is 0 Å². The molecule has 1 saturated heterocycles. The van der Waals surface area contributed by atoms with Gasteiger partial charge in [0.1, 0.15) is 5.75 Å². The number of carbonyl (C=O) groups is 1. The van der Waals surface area contributed by atoms with Gasteiger partial charge in [-0.25, -0.2) is 0 Å². The predicted octanol–water partition coefficient (Wildman–Crippen LogP) is 4.46. The van der Waals surface area contributed by atoms with Gasteiger partial charge in [0.25, 0.3) is 0 Å². The number of aryl methyl sites for hydroxylation is 1. The van der Waals surface area contributed by atoms with E-state index in [-0.39, 0.29) is 17.9 Å². The number of hydrogen-bond acceptors (Lipinski definition) is 3. The monoisotopic (exact) mass is 392 g/mol. The Morgan fingerprint density at radius 2 is 1.83 bits per heavy atom. The summed E-state index contributed by atoms with van der Waals surface area (Å²) in [5, 5.41) is 3.31. The summed E-state index contributed by atoms with van der Waals surface area (Å²) in [5.41, 5.74) is 3.80. The highest BCUT2D eigenvalue weighted by atomic mass is 16.5. The van der Waals surface area contributed by atoms with Crippen LogP contribution in [0.5, 0.6) is 5.75 Å². The summed E-state index contributed by atoms with van der Waals surface area (Å²) in [6, 6.07) is 17.0. The normalized spacial score (nSPS) is 20.5. The lowest BCUT2D eigenvalue weighted by molar-refractivity contribution is -0.123. The molecule has 154 valence electrons. The van der Waals surface area contributed by atoms with Crippen LogP contribution in [-0.2, 0) is 11.2 Å². The van der Waals surface area contributed by atoms with Gasteiger partial charge in [0.15, 0.2) is 0 Å². The lowest BCUT2D eigenvalue weighted by Gasteiger charge is -2.35. The molecule has 0 bridgehead atoms. The first-order valence-electron chi connectivity index (χ1n) is 11.0. The van der Waals surface area contributed by atoms with E-state index in [9.17, 15) is 4.79 Å². The van der Waals surface area contributed by atoms with Crippen molar-refractivity contribution in [2.45, 2.75) is 50.5 Å². The second-order valence-electron chi connectivity index (χ2n) is 8.27. The van der Waals surface area contributed by atoms with E-state index in [4.69, 9.17) is 4.74 Å². The van der Waals surface area contributed by atoms with Gasteiger partial charge in [0.05, 0.1) is 19.1 Å². The van der Waals surface area contributed by atoms with Crippen molar-refractivity contribution >= 4 is 5.91 Å². The Balaban J connectivity index is 1.48. The van der Waals surface area contributed by atoms with Crippen molar-refractivity contribution in [2.24, 2.45) is 0 Å². The number of rotatable bonds is 6. The molecule has 2 aromatic carbocycles. The standard InChI is InChI=1S/C25H32N2O2/c1-29-21-14-12-20(13-15-21)24(27-16-5-2-6-17-27)18-26-25(28)23-11-7-9-19-8-3-4-10-22(19)23/h3-4,8,10,12-15,23-24H,2,5-7,9,11,16-18H2,1H3,(H,26,28)/t23-,24-/m0/s1. The number of likely N-dealkylation sites (tertiary alicyclic amines) is 1. The second kappa shape index (κ2) is 9.45. The van der Waals surface area contributed by atoms with Crippen LogP contribution in [0.25, 0.3) is 0 Å². The van der Waals surface area contributed by atoms with Crippen molar-refractivity contribution in [3.63, 3.8) is 0 Å². The van der Waals surface area contributed by atoms with E-state index < -0.39 is 0 Å². The smallest absolute Gasteiger partial charge is 0.227 e. The highest BCUT2D eigenvalue weighted by Gasteiger charge is 2.28. The maximum Gasteiger partial charge on any atom is 0.227 e. The summed E-state index contributed by atoms with van der Waals surface area (Å²) in [7, 11) is 1.69. The molecule has 1 amide bonds. The van der Waals surface area contributed by atoms with Gasteiger partial charge in [0.2, 0.25) is 5.91 Å². The maximum atomic E-state index is 13.1. The van der Waals surface area contributed by atoms with Crippen LogP contribution in [0.2, 0.25) is 0 Å². The van der Waals surface area contributed by atoms with E-state index in [1.54, 1.807) is 7.11 Å². The quantitative estimate of drug-likeness (QED) is 0.789. The minimum atomic E-state index is -0.0159. The first-order chi connectivity index (χ1) is 14.3. The minimum absolute atomic E-state index is 0.0159. The molecule has 2 aromatic rings. The van der Waals surface area contributed by atoms with Crippen LogP contribution in [0.3, 0.4) is 0 Å². The summed E-state index contributed by atoms with van der Waals surface area (Å²) in [6.45, 7) is 2.85. The van der Waals surface area contributed by atoms with Gasteiger partial charge in [-0.1, -0.05) is 42.8 Å². The molecule has 1 N–H and O–H groups in total. The summed E-state index contributed by atoms with van der Waals surface area (Å²) >= 11 is 0. The molecule has 1 heterocycles. The molecular weight excluding hydrogens is 360 g/mol. The molecule has 2 aliphatic rings. The van der Waals surface area contributed by atoms with Crippen molar-refractivity contribution in [3.05, 3.63) is 65.2 Å². The van der Waals surface area contributed by atoms with Crippen molar-refractivity contribution < 1.29 is 9.53 Å². The largest absolute Gasteiger partial charge is 0.497 e. The van der Waals surface area contributed by atoms with Crippen molar-refractivity contribution in [2.75, 3.05) is 26.7 Å². The fourth-order valence-corrected chi connectivity index (χ4v) is 4.86. The number of methoxy groups -OCH3 is 1. The van der Waals surface area contributed by atoms with Crippen LogP contribution >= 0.6 is 0 Å². The molecule has 0 unspecified atom stereocenters. The van der Waals surface area contributed by atoms with E-state index in [0.717, 1.165) is 38.1 Å². The van der Waals surface area contributed by atoms with Gasteiger partial charge < -0.3 is 10.1 Å². The summed E-state index contributed by atoms with van der Waals surface area (Å²) in [5.74, 6) is 1.03. The van der Waals surface area contributed by atoms with Crippen molar-refractivity contribution in [1.29, 1.82) is 0 Å². The van der Waals surface area contributed by atoms with E-state index >= 15 is 0 Å². The maximum absolute atomic E-state index is 13.1. The van der Waals surface area contributed by atoms with E-state index in [0.29, 0.717) is 6.54 Å². The molecule has 1 aliphatic heterocycles. The van der Waals surface area contributed by atoms with E-state index in [1.165, 1.54) is 36.0 Å². The average molecular weight is 393 g/mol. The van der Waals surface area contributed by atoms with Crippen molar-refractivity contribution in [1.82, 2.24) is 10.2 Å². The Kier molecular flexibility index (Phi) is 6.50. The Bertz CT molecular complexity index is 812. The number of piperidine rings is 1. The average Bonchev–Trinajstić information content (AvgIpc) is 2.80. The summed E-state index contributed by atoms with van der Waals surface area (Å²) in [6.07, 6.45) is 6.88. The predicted molar refractivity (Wildman–Crippen MR) is 116 cm³/mol. The number of hydrogen-bond donors (Lipinski definition) is 1. The Morgan fingerprint density at radius 3 is 2.59 bits per heavy atom. The van der Waals surface area contributed by atoms with Gasteiger partial charge in [-0.2, -0.15) is 0 Å². The van der Waals surface area contributed by atoms with Gasteiger partial charge in [-0.15, -0.1) is 0 Å². The summed E-state index contributed by atoms with van der Waals surface area (Å²) in [4.78, 5) is 15.7. The highest BCUT2D eigenvalue weighted by Crippen LogP contribution is 2.32. The number of ether oxygens (including phenoxy) is 1. The fraction of sp³-hybridized carbons (Fsp3) is 0.480. The molecule has 1 fully saturated rings. The molecule has 29 heavy (non-hydrogen) atoms. The second-order valence-corrected chi connectivity index (χ2v) is 8.27. The zero-order chi connectivity index (χ0) is 20.1. The third-order valence-electron chi connectivity index (χ3n) is 6.49. The van der Waals surface area contributed by atoms with Gasteiger partial charge >= 0.3 is 0 Å². The SMILES string of the molecule is COc1ccc([C@H](CNC(=O)[C@H]2CCCc3ccccc32)N2CCCCC2)cc1. The first kappa shape index (κ1) is 20.0. The van der Waals surface area contributed by atoms with Crippen LogP contribution in [-0.4, -0.2) is 37.6 Å². The number of benzene rings is 2. The number of carbonyl (C=O) groups excluding carboxylic acids is 1. The molecule has 4 heteroatoms. The lowest BCUT2D eigenvalue weighted by Crippen LogP contribution is -2.42. The third-order valence-corrected chi connectivity index (χ3v) is 6.49. The molecular formula is C25H32N2O2. The van der Waals surface area contributed by atoms with Crippen LogP contribution in [0.1, 0.15) is 60.8 Å². The van der Waals surface area contributed by atoms with Crippen LogP contribution < -0.4 is 10.1 Å². The van der Waals surface area contributed by atoms with Crippen LogP contribution in [0.15, 0.2) is 48.5 Å². The molecule has 0 spiro atoms. The molecule has 0 radical (unpaired) electrons. The highest BCUT2D eigenvalue weighted by molar-refractivity contribution is 5.84. The Labute approximate surface area is 174 Å². The lowest BCUT2D eigenvalue weighted by atomic mass is 9.82. The fourth-order valence-electron chi connectivity index (χ4n) is 4.86. The number of nitrogens with zero attached hydrogens (tertiary/aromatic N) is 1. The first-order valence-corrected chi connectivity index (χ1v) is 11.0. The van der Waals surface area contributed by atoms with Gasteiger partial charge in [0, 0.05) is 6.54 Å². The molecule has 4 nitrogen and oxygen atoms in total. The molecule has 4 rings (SSSR count). The summed E-state index contributed by atoms with van der Waals surface area (Å²) < 4.78 is 5.32. The third kappa shape index (κ3) is 4.64. The topological polar surface area (TPSA) is 41.6 Å².